The summed E-state index contributed by atoms with van der Waals surface area (Å²) < 4.78 is 5.43. The maximum atomic E-state index is 9.75. The lowest BCUT2D eigenvalue weighted by atomic mass is 10.2. The number of unbranched alkanes of at least 4 members (excludes halogenated alkanes) is 2. The Morgan fingerprint density at radius 1 is 1.15 bits per heavy atom. The monoisotopic (exact) mass is 321 g/mol. The van der Waals surface area contributed by atoms with Gasteiger partial charge in [-0.3, -0.25) is 0 Å². The van der Waals surface area contributed by atoms with Crippen LogP contribution in [0.25, 0.3) is 0 Å². The van der Waals surface area contributed by atoms with Crippen LogP contribution in [0.5, 0.6) is 5.75 Å². The molecule has 0 aromatic heterocycles. The topological polar surface area (TPSA) is 61.7 Å². The summed E-state index contributed by atoms with van der Waals surface area (Å²) in [7, 11) is 0. The van der Waals surface area contributed by atoms with Crippen LogP contribution in [-0.4, -0.2) is 42.6 Å². The predicted octanol–water partition coefficient (Wildman–Crippen LogP) is 2.49. The van der Waals surface area contributed by atoms with E-state index in [-0.39, 0.29) is 13.2 Å². The third kappa shape index (κ3) is 7.31. The molecule has 3 N–H and O–H groups in total. The van der Waals surface area contributed by atoms with Crippen LogP contribution in [0.1, 0.15) is 19.3 Å². The summed E-state index contributed by atoms with van der Waals surface area (Å²) in [5, 5.41) is 22.4. The molecule has 1 unspecified atom stereocenters. The zero-order valence-electron chi connectivity index (χ0n) is 11.3. The second-order valence-electron chi connectivity index (χ2n) is 4.53. The van der Waals surface area contributed by atoms with Crippen LogP contribution in [0.2, 0.25) is 10.0 Å². The minimum Gasteiger partial charge on any atom is -0.491 e. The molecular formula is C14H21Cl2NO3. The number of hydrogen-bond donors (Lipinski definition) is 3. The molecule has 0 saturated heterocycles. The summed E-state index contributed by atoms with van der Waals surface area (Å²) >= 11 is 11.7. The van der Waals surface area contributed by atoms with Crippen LogP contribution in [-0.2, 0) is 0 Å². The quantitative estimate of drug-likeness (QED) is 0.579. The van der Waals surface area contributed by atoms with E-state index in [0.717, 1.165) is 25.8 Å². The average molecular weight is 322 g/mol. The molecule has 0 spiro atoms. The van der Waals surface area contributed by atoms with Crippen molar-refractivity contribution in [3.8, 4) is 5.75 Å². The van der Waals surface area contributed by atoms with Gasteiger partial charge in [0.1, 0.15) is 18.5 Å². The first-order valence-corrected chi connectivity index (χ1v) is 7.46. The minimum absolute atomic E-state index is 0.196. The number of rotatable bonds is 10. The summed E-state index contributed by atoms with van der Waals surface area (Å²) in [6, 6.07) is 4.99. The molecule has 114 valence electrons. The van der Waals surface area contributed by atoms with Crippen molar-refractivity contribution in [2.24, 2.45) is 0 Å². The van der Waals surface area contributed by atoms with E-state index in [4.69, 9.17) is 33.0 Å². The van der Waals surface area contributed by atoms with E-state index in [1.165, 1.54) is 0 Å². The first-order valence-electron chi connectivity index (χ1n) is 6.71. The Hall–Kier alpha value is -0.520. The van der Waals surface area contributed by atoms with E-state index in [0.29, 0.717) is 22.3 Å². The van der Waals surface area contributed by atoms with Gasteiger partial charge >= 0.3 is 0 Å². The first-order chi connectivity index (χ1) is 9.63. The van der Waals surface area contributed by atoms with Crippen molar-refractivity contribution in [3.05, 3.63) is 28.2 Å². The van der Waals surface area contributed by atoms with E-state index in [9.17, 15) is 5.11 Å². The molecule has 0 aliphatic rings. The predicted molar refractivity (Wildman–Crippen MR) is 81.8 cm³/mol. The molecule has 1 atom stereocenters. The summed E-state index contributed by atoms with van der Waals surface area (Å²) in [5.41, 5.74) is 0. The Kier molecular flexibility index (Phi) is 8.98. The lowest BCUT2D eigenvalue weighted by Gasteiger charge is -2.13. The van der Waals surface area contributed by atoms with E-state index in [1.807, 2.05) is 0 Å². The molecule has 0 heterocycles. The number of aliphatic hydroxyl groups is 2. The van der Waals surface area contributed by atoms with Gasteiger partial charge in [-0.15, -0.1) is 0 Å². The van der Waals surface area contributed by atoms with E-state index in [2.05, 4.69) is 5.32 Å². The Morgan fingerprint density at radius 3 is 2.65 bits per heavy atom. The highest BCUT2D eigenvalue weighted by Gasteiger charge is 2.06. The second kappa shape index (κ2) is 10.2. The van der Waals surface area contributed by atoms with Gasteiger partial charge < -0.3 is 20.3 Å². The van der Waals surface area contributed by atoms with Crippen LogP contribution in [0.3, 0.4) is 0 Å². The van der Waals surface area contributed by atoms with Gasteiger partial charge in [0.15, 0.2) is 0 Å². The van der Waals surface area contributed by atoms with Crippen LogP contribution in [0.4, 0.5) is 0 Å². The molecule has 0 bridgehead atoms. The van der Waals surface area contributed by atoms with Crippen molar-refractivity contribution in [1.29, 1.82) is 0 Å². The highest BCUT2D eigenvalue weighted by atomic mass is 35.5. The van der Waals surface area contributed by atoms with Gasteiger partial charge in [-0.05, 0) is 37.9 Å². The number of nitrogens with one attached hydrogen (secondary N) is 1. The average Bonchev–Trinajstić information content (AvgIpc) is 2.44. The molecule has 1 aromatic rings. The largest absolute Gasteiger partial charge is 0.491 e. The molecule has 0 fully saturated rings. The molecule has 0 amide bonds. The fraction of sp³-hybridized carbons (Fsp3) is 0.571. The van der Waals surface area contributed by atoms with Crippen molar-refractivity contribution in [3.63, 3.8) is 0 Å². The summed E-state index contributed by atoms with van der Waals surface area (Å²) in [5.74, 6) is 0.585. The van der Waals surface area contributed by atoms with Gasteiger partial charge in [-0.25, -0.2) is 0 Å². The number of halogens is 2. The highest BCUT2D eigenvalue weighted by Crippen LogP contribution is 2.26. The summed E-state index contributed by atoms with van der Waals surface area (Å²) in [6.45, 7) is 1.73. The third-order valence-electron chi connectivity index (χ3n) is 2.73. The van der Waals surface area contributed by atoms with Crippen LogP contribution in [0.15, 0.2) is 18.2 Å². The van der Waals surface area contributed by atoms with E-state index < -0.39 is 6.10 Å². The first kappa shape index (κ1) is 17.5. The molecule has 0 aliphatic heterocycles. The fourth-order valence-electron chi connectivity index (χ4n) is 1.63. The minimum atomic E-state index is -0.581. The van der Waals surface area contributed by atoms with Gasteiger partial charge in [0.05, 0.1) is 10.0 Å². The lowest BCUT2D eigenvalue weighted by Crippen LogP contribution is -2.32. The van der Waals surface area contributed by atoms with Gasteiger partial charge in [-0.2, -0.15) is 0 Å². The summed E-state index contributed by atoms with van der Waals surface area (Å²) in [4.78, 5) is 0. The molecule has 0 saturated carbocycles. The van der Waals surface area contributed by atoms with Crippen molar-refractivity contribution in [1.82, 2.24) is 5.32 Å². The third-order valence-corrected chi connectivity index (χ3v) is 3.46. The van der Waals surface area contributed by atoms with E-state index in [1.54, 1.807) is 18.2 Å². The van der Waals surface area contributed by atoms with Gasteiger partial charge in [0.2, 0.25) is 0 Å². The Balaban J connectivity index is 2.13. The molecule has 1 aromatic carbocycles. The molecule has 6 heteroatoms. The van der Waals surface area contributed by atoms with E-state index >= 15 is 0 Å². The number of aliphatic hydroxyl groups excluding tert-OH is 2. The number of hydrogen-bond acceptors (Lipinski definition) is 4. The Labute approximate surface area is 129 Å². The lowest BCUT2D eigenvalue weighted by molar-refractivity contribution is 0.106. The van der Waals surface area contributed by atoms with Crippen molar-refractivity contribution in [2.75, 3.05) is 26.3 Å². The maximum absolute atomic E-state index is 9.75. The van der Waals surface area contributed by atoms with Crippen LogP contribution >= 0.6 is 23.2 Å². The van der Waals surface area contributed by atoms with Gasteiger partial charge in [0, 0.05) is 19.2 Å². The fourth-order valence-corrected chi connectivity index (χ4v) is 1.91. The van der Waals surface area contributed by atoms with Crippen molar-refractivity contribution < 1.29 is 14.9 Å². The number of benzene rings is 1. The summed E-state index contributed by atoms with van der Waals surface area (Å²) in [6.07, 6.45) is 2.22. The number of ether oxygens (including phenoxy) is 1. The SMILES string of the molecule is OCCCCCNCC(O)COc1ccc(Cl)c(Cl)c1. The molecule has 20 heavy (non-hydrogen) atoms. The van der Waals surface area contributed by atoms with Crippen molar-refractivity contribution >= 4 is 23.2 Å². The molecule has 0 radical (unpaired) electrons. The Morgan fingerprint density at radius 2 is 1.95 bits per heavy atom. The molecule has 4 nitrogen and oxygen atoms in total. The second-order valence-corrected chi connectivity index (χ2v) is 5.34. The molecular weight excluding hydrogens is 301 g/mol. The normalized spacial score (nSPS) is 12.4. The Bertz CT molecular complexity index is 391. The standard InChI is InChI=1S/C14H21Cl2NO3/c15-13-5-4-12(8-14(13)16)20-10-11(19)9-17-6-2-1-3-7-18/h4-5,8,11,17-19H,1-3,6-7,9-10H2. The molecule has 1 rings (SSSR count). The highest BCUT2D eigenvalue weighted by molar-refractivity contribution is 6.42. The van der Waals surface area contributed by atoms with Crippen molar-refractivity contribution in [2.45, 2.75) is 25.4 Å². The zero-order chi connectivity index (χ0) is 14.8. The maximum Gasteiger partial charge on any atom is 0.121 e. The van der Waals surface area contributed by atoms with Crippen LogP contribution in [0, 0.1) is 0 Å². The molecule has 0 aliphatic carbocycles. The van der Waals surface area contributed by atoms with Gasteiger partial charge in [0.25, 0.3) is 0 Å². The zero-order valence-corrected chi connectivity index (χ0v) is 12.8. The van der Waals surface area contributed by atoms with Crippen LogP contribution < -0.4 is 10.1 Å². The van der Waals surface area contributed by atoms with Gasteiger partial charge in [-0.1, -0.05) is 23.2 Å². The smallest absolute Gasteiger partial charge is 0.121 e.